The molecule has 0 aliphatic rings. The molecule has 0 aliphatic heterocycles. The molecule has 0 bridgehead atoms. The highest BCUT2D eigenvalue weighted by molar-refractivity contribution is 9.09. The van der Waals surface area contributed by atoms with E-state index in [0.717, 1.165) is 0 Å². The van der Waals surface area contributed by atoms with E-state index >= 15 is 0 Å². The van der Waals surface area contributed by atoms with Gasteiger partial charge in [0, 0.05) is 18.4 Å². The summed E-state index contributed by atoms with van der Waals surface area (Å²) >= 11 is 3.29. The van der Waals surface area contributed by atoms with Crippen molar-refractivity contribution in [1.82, 2.24) is 14.5 Å². The average molecular weight is 310 g/mol. The molecule has 0 amide bonds. The van der Waals surface area contributed by atoms with Gasteiger partial charge in [-0.2, -0.15) is 5.10 Å². The number of hydrogen-bond donors (Lipinski definition) is 1. The molecule has 7 heteroatoms. The zero-order valence-electron chi connectivity index (χ0n) is 9.78. The Kier molecular flexibility index (Phi) is 4.14. The summed E-state index contributed by atoms with van der Waals surface area (Å²) in [7, 11) is -1.73. The molecule has 0 spiro atoms. The van der Waals surface area contributed by atoms with Gasteiger partial charge in [0.05, 0.1) is 11.4 Å². The number of rotatable bonds is 4. The third-order valence-corrected chi connectivity index (χ3v) is 4.26. The minimum atomic E-state index is -3.46. The Hall–Kier alpha value is -0.400. The largest absolute Gasteiger partial charge is 0.271 e. The number of nitrogens with zero attached hydrogens (tertiary/aromatic N) is 2. The molecule has 0 fully saturated rings. The lowest BCUT2D eigenvalue weighted by atomic mass is 10.4. The van der Waals surface area contributed by atoms with E-state index in [1.54, 1.807) is 25.6 Å². The van der Waals surface area contributed by atoms with Gasteiger partial charge in [0.1, 0.15) is 4.90 Å². The monoisotopic (exact) mass is 309 g/mol. The lowest BCUT2D eigenvalue weighted by Crippen LogP contribution is -2.29. The Labute approximate surface area is 104 Å². The molecule has 0 saturated carbocycles. The summed E-state index contributed by atoms with van der Waals surface area (Å²) in [5, 5.41) is 4.09. The molecule has 1 rings (SSSR count). The van der Waals surface area contributed by atoms with Crippen LogP contribution in [-0.4, -0.2) is 29.6 Å². The van der Waals surface area contributed by atoms with Gasteiger partial charge >= 0.3 is 0 Å². The van der Waals surface area contributed by atoms with Crippen molar-refractivity contribution in [3.8, 4) is 0 Å². The molecule has 0 saturated heterocycles. The zero-order valence-corrected chi connectivity index (χ0v) is 12.2. The van der Waals surface area contributed by atoms with E-state index < -0.39 is 10.0 Å². The fourth-order valence-electron chi connectivity index (χ4n) is 1.44. The molecule has 0 radical (unpaired) electrons. The fraction of sp³-hybridized carbons (Fsp3) is 0.667. The van der Waals surface area contributed by atoms with Crippen molar-refractivity contribution in [3.05, 3.63) is 11.4 Å². The topological polar surface area (TPSA) is 64.0 Å². The molecule has 1 unspecified atom stereocenters. The molecule has 0 aromatic carbocycles. The van der Waals surface area contributed by atoms with E-state index in [1.165, 1.54) is 0 Å². The van der Waals surface area contributed by atoms with E-state index in [2.05, 4.69) is 25.8 Å². The number of halogens is 1. The summed E-state index contributed by atoms with van der Waals surface area (Å²) in [4.78, 5) is 0.378. The molecule has 1 atom stereocenters. The van der Waals surface area contributed by atoms with Gasteiger partial charge in [-0.15, -0.1) is 0 Å². The standard InChI is InChI=1S/C9H16BrN3O2S/c1-6(10)5-11-16(14,15)9-7(2)12-13(4)8(9)3/h6,11H,5H2,1-4H3. The quantitative estimate of drug-likeness (QED) is 0.847. The zero-order chi connectivity index (χ0) is 12.5. The van der Waals surface area contributed by atoms with Crippen LogP contribution in [0.5, 0.6) is 0 Å². The maximum absolute atomic E-state index is 12.0. The first kappa shape index (κ1) is 13.7. The summed E-state index contributed by atoms with van der Waals surface area (Å²) in [5.74, 6) is 0. The number of alkyl halides is 1. The lowest BCUT2D eigenvalue weighted by molar-refractivity contribution is 0.580. The Bertz CT molecular complexity index is 479. The van der Waals surface area contributed by atoms with Crippen molar-refractivity contribution in [3.63, 3.8) is 0 Å². The molecule has 16 heavy (non-hydrogen) atoms. The third kappa shape index (κ3) is 2.83. The summed E-state index contributed by atoms with van der Waals surface area (Å²) in [6, 6.07) is 0. The third-order valence-electron chi connectivity index (χ3n) is 2.27. The van der Waals surface area contributed by atoms with Crippen molar-refractivity contribution in [1.29, 1.82) is 0 Å². The Morgan fingerprint density at radius 2 is 2.06 bits per heavy atom. The Morgan fingerprint density at radius 1 is 1.50 bits per heavy atom. The van der Waals surface area contributed by atoms with Gasteiger partial charge in [0.15, 0.2) is 0 Å². The highest BCUT2D eigenvalue weighted by Gasteiger charge is 2.23. The Balaban J connectivity index is 3.08. The maximum Gasteiger partial charge on any atom is 0.244 e. The van der Waals surface area contributed by atoms with Crippen molar-refractivity contribution < 1.29 is 8.42 Å². The first-order valence-corrected chi connectivity index (χ1v) is 7.29. The second-order valence-corrected chi connectivity index (χ2v) is 7.02. The van der Waals surface area contributed by atoms with Crippen LogP contribution in [0.3, 0.4) is 0 Å². The van der Waals surface area contributed by atoms with Gasteiger partial charge in [0.2, 0.25) is 10.0 Å². The first-order chi connectivity index (χ1) is 7.25. The summed E-state index contributed by atoms with van der Waals surface area (Å²) in [6.07, 6.45) is 0. The molecule has 1 heterocycles. The summed E-state index contributed by atoms with van der Waals surface area (Å²) < 4.78 is 28.1. The van der Waals surface area contributed by atoms with E-state index in [1.807, 2.05) is 6.92 Å². The molecule has 1 aromatic heterocycles. The number of aryl methyl sites for hydroxylation is 2. The van der Waals surface area contributed by atoms with Crippen LogP contribution in [-0.2, 0) is 17.1 Å². The van der Waals surface area contributed by atoms with Crippen molar-refractivity contribution in [2.75, 3.05) is 6.54 Å². The SMILES string of the molecule is Cc1nn(C)c(C)c1S(=O)(=O)NCC(C)Br. The van der Waals surface area contributed by atoms with Gasteiger partial charge in [0.25, 0.3) is 0 Å². The second-order valence-electron chi connectivity index (χ2n) is 3.76. The summed E-state index contributed by atoms with van der Waals surface area (Å²) in [6.45, 7) is 5.67. The van der Waals surface area contributed by atoms with Crippen LogP contribution in [0.15, 0.2) is 4.90 Å². The lowest BCUT2D eigenvalue weighted by Gasteiger charge is -2.08. The van der Waals surface area contributed by atoms with Gasteiger partial charge in [-0.05, 0) is 13.8 Å². The number of aromatic nitrogens is 2. The average Bonchev–Trinajstić information content (AvgIpc) is 2.38. The summed E-state index contributed by atoms with van der Waals surface area (Å²) in [5.41, 5.74) is 1.17. The molecular weight excluding hydrogens is 294 g/mol. The van der Waals surface area contributed by atoms with Crippen LogP contribution in [0, 0.1) is 13.8 Å². The number of nitrogens with one attached hydrogen (secondary N) is 1. The van der Waals surface area contributed by atoms with Crippen molar-refractivity contribution >= 4 is 26.0 Å². The van der Waals surface area contributed by atoms with Crippen molar-refractivity contribution in [2.24, 2.45) is 7.05 Å². The second kappa shape index (κ2) is 4.85. The van der Waals surface area contributed by atoms with Crippen LogP contribution in [0.1, 0.15) is 18.3 Å². The van der Waals surface area contributed by atoms with Crippen LogP contribution < -0.4 is 4.72 Å². The van der Waals surface area contributed by atoms with Gasteiger partial charge < -0.3 is 0 Å². The van der Waals surface area contributed by atoms with E-state index in [9.17, 15) is 8.42 Å². The van der Waals surface area contributed by atoms with E-state index in [4.69, 9.17) is 0 Å². The molecule has 1 N–H and O–H groups in total. The minimum absolute atomic E-state index is 0.0968. The van der Waals surface area contributed by atoms with Crippen molar-refractivity contribution in [2.45, 2.75) is 30.5 Å². The fourth-order valence-corrected chi connectivity index (χ4v) is 3.38. The number of hydrogen-bond acceptors (Lipinski definition) is 3. The van der Waals surface area contributed by atoms with Crippen LogP contribution in [0.25, 0.3) is 0 Å². The maximum atomic E-state index is 12.0. The highest BCUT2D eigenvalue weighted by Crippen LogP contribution is 2.18. The first-order valence-electron chi connectivity index (χ1n) is 4.89. The molecule has 1 aromatic rings. The van der Waals surface area contributed by atoms with Gasteiger partial charge in [-0.1, -0.05) is 22.9 Å². The van der Waals surface area contributed by atoms with Gasteiger partial charge in [-0.3, -0.25) is 4.68 Å². The highest BCUT2D eigenvalue weighted by atomic mass is 79.9. The van der Waals surface area contributed by atoms with Crippen LogP contribution in [0.4, 0.5) is 0 Å². The van der Waals surface area contributed by atoms with Crippen LogP contribution >= 0.6 is 15.9 Å². The molecule has 0 aliphatic carbocycles. The predicted octanol–water partition coefficient (Wildman–Crippen LogP) is 1.10. The predicted molar refractivity (Wildman–Crippen MR) is 66.3 cm³/mol. The van der Waals surface area contributed by atoms with E-state index in [-0.39, 0.29) is 9.72 Å². The molecule has 5 nitrogen and oxygen atoms in total. The van der Waals surface area contributed by atoms with E-state index in [0.29, 0.717) is 17.9 Å². The normalized spacial score (nSPS) is 14.1. The Morgan fingerprint density at radius 3 is 2.44 bits per heavy atom. The molecule has 92 valence electrons. The smallest absolute Gasteiger partial charge is 0.244 e. The minimum Gasteiger partial charge on any atom is -0.271 e. The van der Waals surface area contributed by atoms with Crippen LogP contribution in [0.2, 0.25) is 0 Å². The molecular formula is C9H16BrN3O2S. The number of sulfonamides is 1. The van der Waals surface area contributed by atoms with Gasteiger partial charge in [-0.25, -0.2) is 13.1 Å².